The van der Waals surface area contributed by atoms with Gasteiger partial charge in [-0.05, 0) is 31.5 Å². The molecule has 0 aliphatic carbocycles. The lowest BCUT2D eigenvalue weighted by Crippen LogP contribution is -2.23. The summed E-state index contributed by atoms with van der Waals surface area (Å²) in [4.78, 5) is 16.1. The maximum absolute atomic E-state index is 12.0. The van der Waals surface area contributed by atoms with Gasteiger partial charge in [-0.3, -0.25) is 9.78 Å². The molecule has 1 aromatic heterocycles. The number of carbonyl (C=O) groups excluding carboxylic acids is 1. The molecule has 4 heteroatoms. The zero-order valence-electron chi connectivity index (χ0n) is 11.8. The Bertz CT molecular complexity index is 579. The molecule has 2 N–H and O–H groups in total. The first kappa shape index (κ1) is 14.1. The zero-order valence-corrected chi connectivity index (χ0v) is 11.8. The number of hydrogen-bond acceptors (Lipinski definition) is 3. The average Bonchev–Trinajstić information content (AvgIpc) is 2.47. The Morgan fingerprint density at radius 1 is 1.20 bits per heavy atom. The van der Waals surface area contributed by atoms with E-state index in [2.05, 4.69) is 15.6 Å². The monoisotopic (exact) mass is 269 g/mol. The molecule has 2 rings (SSSR count). The standard InChI is InChI=1S/C16H19N3O/c1-3-17-14-8-9-18-15(10-14)16(20)19-11-13-6-4-12(2)5-7-13/h4-10H,3,11H2,1-2H3,(H,17,18)(H,19,20). The van der Waals surface area contributed by atoms with Crippen LogP contribution in [0.15, 0.2) is 42.6 Å². The van der Waals surface area contributed by atoms with Crippen LogP contribution in [0.1, 0.15) is 28.5 Å². The van der Waals surface area contributed by atoms with Crippen LogP contribution in [0.3, 0.4) is 0 Å². The number of amides is 1. The third kappa shape index (κ3) is 3.82. The summed E-state index contributed by atoms with van der Waals surface area (Å²) in [5.41, 5.74) is 3.62. The maximum atomic E-state index is 12.0. The molecular weight excluding hydrogens is 250 g/mol. The minimum Gasteiger partial charge on any atom is -0.385 e. The number of nitrogens with one attached hydrogen (secondary N) is 2. The van der Waals surface area contributed by atoms with Gasteiger partial charge >= 0.3 is 0 Å². The van der Waals surface area contributed by atoms with Crippen LogP contribution in [0.5, 0.6) is 0 Å². The van der Waals surface area contributed by atoms with E-state index in [1.54, 1.807) is 12.3 Å². The van der Waals surface area contributed by atoms with Crippen molar-refractivity contribution in [1.82, 2.24) is 10.3 Å². The molecule has 0 atom stereocenters. The minimum absolute atomic E-state index is 0.162. The van der Waals surface area contributed by atoms with Crippen molar-refractivity contribution in [3.05, 3.63) is 59.4 Å². The second-order valence-electron chi connectivity index (χ2n) is 4.63. The molecule has 104 valence electrons. The summed E-state index contributed by atoms with van der Waals surface area (Å²) in [6, 6.07) is 11.7. The molecule has 1 aromatic carbocycles. The van der Waals surface area contributed by atoms with E-state index in [9.17, 15) is 4.79 Å². The Kier molecular flexibility index (Phi) is 4.71. The van der Waals surface area contributed by atoms with Crippen molar-refractivity contribution >= 4 is 11.6 Å². The first-order chi connectivity index (χ1) is 9.69. The average molecular weight is 269 g/mol. The number of hydrogen-bond donors (Lipinski definition) is 2. The van der Waals surface area contributed by atoms with Gasteiger partial charge in [0.1, 0.15) is 5.69 Å². The van der Waals surface area contributed by atoms with Crippen molar-refractivity contribution < 1.29 is 4.79 Å². The highest BCUT2D eigenvalue weighted by atomic mass is 16.1. The van der Waals surface area contributed by atoms with Crippen LogP contribution in [-0.4, -0.2) is 17.4 Å². The van der Waals surface area contributed by atoms with Crippen molar-refractivity contribution in [3.63, 3.8) is 0 Å². The predicted octanol–water partition coefficient (Wildman–Crippen LogP) is 2.75. The Morgan fingerprint density at radius 3 is 2.65 bits per heavy atom. The fourth-order valence-electron chi connectivity index (χ4n) is 1.85. The van der Waals surface area contributed by atoms with Crippen molar-refractivity contribution in [3.8, 4) is 0 Å². The van der Waals surface area contributed by atoms with Crippen molar-refractivity contribution in [1.29, 1.82) is 0 Å². The molecule has 4 nitrogen and oxygen atoms in total. The van der Waals surface area contributed by atoms with Gasteiger partial charge in [0.05, 0.1) is 0 Å². The lowest BCUT2D eigenvalue weighted by atomic mass is 10.1. The summed E-state index contributed by atoms with van der Waals surface area (Å²) in [6.07, 6.45) is 1.64. The zero-order chi connectivity index (χ0) is 14.4. The first-order valence-electron chi connectivity index (χ1n) is 6.72. The lowest BCUT2D eigenvalue weighted by molar-refractivity contribution is 0.0946. The van der Waals surface area contributed by atoms with Crippen LogP contribution < -0.4 is 10.6 Å². The van der Waals surface area contributed by atoms with E-state index >= 15 is 0 Å². The van der Waals surface area contributed by atoms with Gasteiger partial charge < -0.3 is 10.6 Å². The van der Waals surface area contributed by atoms with Crippen LogP contribution in [0.25, 0.3) is 0 Å². The number of aryl methyl sites for hydroxylation is 1. The smallest absolute Gasteiger partial charge is 0.270 e. The van der Waals surface area contributed by atoms with Crippen molar-refractivity contribution in [2.45, 2.75) is 20.4 Å². The van der Waals surface area contributed by atoms with Gasteiger partial charge in [-0.2, -0.15) is 0 Å². The van der Waals surface area contributed by atoms with E-state index in [1.807, 2.05) is 44.2 Å². The van der Waals surface area contributed by atoms with Gasteiger partial charge in [-0.1, -0.05) is 29.8 Å². The summed E-state index contributed by atoms with van der Waals surface area (Å²) in [5.74, 6) is -0.162. The van der Waals surface area contributed by atoms with Crippen LogP contribution in [-0.2, 0) is 6.54 Å². The van der Waals surface area contributed by atoms with E-state index in [4.69, 9.17) is 0 Å². The van der Waals surface area contributed by atoms with Crippen LogP contribution >= 0.6 is 0 Å². The molecule has 0 radical (unpaired) electrons. The normalized spacial score (nSPS) is 10.1. The number of anilines is 1. The number of aromatic nitrogens is 1. The highest BCUT2D eigenvalue weighted by molar-refractivity contribution is 5.93. The van der Waals surface area contributed by atoms with Gasteiger partial charge in [-0.15, -0.1) is 0 Å². The second kappa shape index (κ2) is 6.70. The van der Waals surface area contributed by atoms with E-state index < -0.39 is 0 Å². The maximum Gasteiger partial charge on any atom is 0.270 e. The molecule has 1 heterocycles. The predicted molar refractivity (Wildman–Crippen MR) is 80.7 cm³/mol. The fraction of sp³-hybridized carbons (Fsp3) is 0.250. The highest BCUT2D eigenvalue weighted by Crippen LogP contribution is 2.08. The second-order valence-corrected chi connectivity index (χ2v) is 4.63. The van der Waals surface area contributed by atoms with E-state index in [0.717, 1.165) is 17.8 Å². The van der Waals surface area contributed by atoms with Gasteiger partial charge in [-0.25, -0.2) is 0 Å². The molecule has 20 heavy (non-hydrogen) atoms. The summed E-state index contributed by atoms with van der Waals surface area (Å²) in [5, 5.41) is 6.04. The molecule has 0 aliphatic heterocycles. The molecule has 0 fully saturated rings. The van der Waals surface area contributed by atoms with Crippen LogP contribution in [0.4, 0.5) is 5.69 Å². The summed E-state index contributed by atoms with van der Waals surface area (Å²) in [6.45, 7) is 5.37. The lowest BCUT2D eigenvalue weighted by Gasteiger charge is -2.07. The molecule has 0 aliphatic rings. The van der Waals surface area contributed by atoms with E-state index in [1.165, 1.54) is 5.56 Å². The number of pyridine rings is 1. The third-order valence-electron chi connectivity index (χ3n) is 2.95. The minimum atomic E-state index is -0.162. The molecule has 1 amide bonds. The Hall–Kier alpha value is -2.36. The van der Waals surface area contributed by atoms with E-state index in [-0.39, 0.29) is 5.91 Å². The number of carbonyl (C=O) groups is 1. The highest BCUT2D eigenvalue weighted by Gasteiger charge is 2.07. The van der Waals surface area contributed by atoms with Gasteiger partial charge in [0, 0.05) is 25.0 Å². The van der Waals surface area contributed by atoms with Crippen LogP contribution in [0, 0.1) is 6.92 Å². The van der Waals surface area contributed by atoms with Crippen LogP contribution in [0.2, 0.25) is 0 Å². The molecule has 2 aromatic rings. The molecule has 0 saturated heterocycles. The van der Waals surface area contributed by atoms with Crippen molar-refractivity contribution in [2.24, 2.45) is 0 Å². The fourth-order valence-corrected chi connectivity index (χ4v) is 1.85. The summed E-state index contributed by atoms with van der Waals surface area (Å²) >= 11 is 0. The summed E-state index contributed by atoms with van der Waals surface area (Å²) < 4.78 is 0. The largest absolute Gasteiger partial charge is 0.385 e. The Labute approximate surface area is 119 Å². The number of benzene rings is 1. The first-order valence-corrected chi connectivity index (χ1v) is 6.72. The topological polar surface area (TPSA) is 54.0 Å². The molecular formula is C16H19N3O. The number of rotatable bonds is 5. The van der Waals surface area contributed by atoms with Crippen molar-refractivity contribution in [2.75, 3.05) is 11.9 Å². The molecule has 0 bridgehead atoms. The SMILES string of the molecule is CCNc1ccnc(C(=O)NCc2ccc(C)cc2)c1. The van der Waals surface area contributed by atoms with Gasteiger partial charge in [0.15, 0.2) is 0 Å². The summed E-state index contributed by atoms with van der Waals surface area (Å²) in [7, 11) is 0. The van der Waals surface area contributed by atoms with Gasteiger partial charge in [0.2, 0.25) is 0 Å². The molecule has 0 spiro atoms. The molecule has 0 unspecified atom stereocenters. The quantitative estimate of drug-likeness (QED) is 0.877. The number of nitrogens with zero attached hydrogens (tertiary/aromatic N) is 1. The molecule has 0 saturated carbocycles. The Morgan fingerprint density at radius 2 is 1.95 bits per heavy atom. The van der Waals surface area contributed by atoms with E-state index in [0.29, 0.717) is 12.2 Å². The third-order valence-corrected chi connectivity index (χ3v) is 2.95. The van der Waals surface area contributed by atoms with Gasteiger partial charge in [0.25, 0.3) is 5.91 Å². The Balaban J connectivity index is 1.97.